The molecule has 0 aliphatic heterocycles. The zero-order valence-corrected chi connectivity index (χ0v) is 9.41. The van der Waals surface area contributed by atoms with Gasteiger partial charge in [-0.15, -0.1) is 0 Å². The molecule has 0 aliphatic rings. The van der Waals surface area contributed by atoms with E-state index in [1.165, 1.54) is 5.57 Å². The highest BCUT2D eigenvalue weighted by Gasteiger charge is 2.14. The molecule has 0 fully saturated rings. The summed E-state index contributed by atoms with van der Waals surface area (Å²) in [6.07, 6.45) is 5.96. The fourth-order valence-corrected chi connectivity index (χ4v) is 1.12. The number of rotatable bonds is 4. The van der Waals surface area contributed by atoms with Gasteiger partial charge in [-0.3, -0.25) is 0 Å². The SMILES string of the molecule is CC=C(C)C=C[C@@H](C)[C@@H](O)C(C)C. The monoisotopic (exact) mass is 182 g/mol. The van der Waals surface area contributed by atoms with E-state index in [-0.39, 0.29) is 12.0 Å². The molecule has 0 spiro atoms. The van der Waals surface area contributed by atoms with Gasteiger partial charge in [-0.05, 0) is 19.8 Å². The van der Waals surface area contributed by atoms with Crippen molar-refractivity contribution in [1.29, 1.82) is 0 Å². The Balaban J connectivity index is 4.14. The van der Waals surface area contributed by atoms with Crippen LogP contribution in [0.3, 0.4) is 0 Å². The molecule has 0 aromatic carbocycles. The van der Waals surface area contributed by atoms with Crippen molar-refractivity contribution in [2.24, 2.45) is 11.8 Å². The Morgan fingerprint density at radius 2 is 1.77 bits per heavy atom. The highest BCUT2D eigenvalue weighted by atomic mass is 16.3. The topological polar surface area (TPSA) is 20.2 Å². The van der Waals surface area contributed by atoms with Crippen LogP contribution in [0, 0.1) is 11.8 Å². The number of aliphatic hydroxyl groups excluding tert-OH is 1. The van der Waals surface area contributed by atoms with Crippen molar-refractivity contribution in [3.8, 4) is 0 Å². The second-order valence-corrected chi connectivity index (χ2v) is 3.99. The maximum absolute atomic E-state index is 9.71. The van der Waals surface area contributed by atoms with E-state index in [0.29, 0.717) is 5.92 Å². The molecule has 0 unspecified atom stereocenters. The summed E-state index contributed by atoms with van der Waals surface area (Å²) in [7, 11) is 0. The second-order valence-electron chi connectivity index (χ2n) is 3.99. The molecule has 0 heterocycles. The molecule has 0 saturated heterocycles. The van der Waals surface area contributed by atoms with Gasteiger partial charge in [-0.2, -0.15) is 0 Å². The molecule has 0 aliphatic carbocycles. The van der Waals surface area contributed by atoms with Gasteiger partial charge >= 0.3 is 0 Å². The quantitative estimate of drug-likeness (QED) is 0.662. The zero-order chi connectivity index (χ0) is 10.4. The van der Waals surface area contributed by atoms with Gasteiger partial charge in [0.05, 0.1) is 6.10 Å². The van der Waals surface area contributed by atoms with Crippen molar-refractivity contribution in [2.45, 2.75) is 40.7 Å². The number of hydrogen-bond donors (Lipinski definition) is 1. The number of allylic oxidation sites excluding steroid dienone is 3. The lowest BCUT2D eigenvalue weighted by Crippen LogP contribution is -2.21. The van der Waals surface area contributed by atoms with Crippen molar-refractivity contribution in [3.63, 3.8) is 0 Å². The number of hydrogen-bond acceptors (Lipinski definition) is 1. The summed E-state index contributed by atoms with van der Waals surface area (Å²) >= 11 is 0. The van der Waals surface area contributed by atoms with Gasteiger partial charge in [0, 0.05) is 5.92 Å². The molecule has 0 radical (unpaired) electrons. The molecule has 2 atom stereocenters. The molecular formula is C12H22O. The standard InChI is InChI=1S/C12H22O/c1-6-10(4)7-8-11(5)12(13)9(2)3/h6-9,11-13H,1-5H3/t11-,12+/m1/s1. The molecule has 0 aromatic heterocycles. The predicted molar refractivity (Wildman–Crippen MR) is 58.6 cm³/mol. The minimum atomic E-state index is -0.235. The lowest BCUT2D eigenvalue weighted by atomic mass is 9.94. The van der Waals surface area contributed by atoms with E-state index in [2.05, 4.69) is 25.2 Å². The Labute approximate surface area is 82.2 Å². The van der Waals surface area contributed by atoms with E-state index >= 15 is 0 Å². The lowest BCUT2D eigenvalue weighted by Gasteiger charge is -2.18. The summed E-state index contributed by atoms with van der Waals surface area (Å²) in [5.41, 5.74) is 1.24. The first-order chi connectivity index (χ1) is 5.99. The molecule has 0 bridgehead atoms. The third-order valence-electron chi connectivity index (χ3n) is 2.34. The molecule has 76 valence electrons. The van der Waals surface area contributed by atoms with Crippen LogP contribution in [0.2, 0.25) is 0 Å². The van der Waals surface area contributed by atoms with Crippen LogP contribution in [0.5, 0.6) is 0 Å². The second kappa shape index (κ2) is 5.98. The van der Waals surface area contributed by atoms with Crippen LogP contribution < -0.4 is 0 Å². The number of aliphatic hydroxyl groups is 1. The summed E-state index contributed by atoms with van der Waals surface area (Å²) in [4.78, 5) is 0. The third-order valence-corrected chi connectivity index (χ3v) is 2.34. The van der Waals surface area contributed by atoms with Gasteiger partial charge in [0.1, 0.15) is 0 Å². The summed E-state index contributed by atoms with van der Waals surface area (Å²) < 4.78 is 0. The maximum Gasteiger partial charge on any atom is 0.0623 e. The molecule has 0 rings (SSSR count). The molecule has 0 aromatic rings. The van der Waals surface area contributed by atoms with Crippen LogP contribution in [0.4, 0.5) is 0 Å². The molecule has 13 heavy (non-hydrogen) atoms. The average molecular weight is 182 g/mol. The van der Waals surface area contributed by atoms with E-state index in [9.17, 15) is 5.11 Å². The van der Waals surface area contributed by atoms with Gasteiger partial charge in [-0.1, -0.05) is 44.6 Å². The van der Waals surface area contributed by atoms with Crippen molar-refractivity contribution in [2.75, 3.05) is 0 Å². The Morgan fingerprint density at radius 1 is 1.23 bits per heavy atom. The minimum Gasteiger partial charge on any atom is -0.392 e. The molecule has 0 amide bonds. The fourth-order valence-electron chi connectivity index (χ4n) is 1.12. The first-order valence-electron chi connectivity index (χ1n) is 4.98. The zero-order valence-electron chi connectivity index (χ0n) is 9.41. The van der Waals surface area contributed by atoms with Crippen LogP contribution >= 0.6 is 0 Å². The van der Waals surface area contributed by atoms with E-state index in [1.807, 2.05) is 27.7 Å². The van der Waals surface area contributed by atoms with Crippen LogP contribution in [0.25, 0.3) is 0 Å². The van der Waals surface area contributed by atoms with Gasteiger partial charge in [-0.25, -0.2) is 0 Å². The van der Waals surface area contributed by atoms with Crippen LogP contribution in [0.1, 0.15) is 34.6 Å². The van der Waals surface area contributed by atoms with Crippen LogP contribution in [-0.4, -0.2) is 11.2 Å². The highest BCUT2D eigenvalue weighted by Crippen LogP contribution is 2.14. The Bertz CT molecular complexity index is 189. The Morgan fingerprint density at radius 3 is 2.15 bits per heavy atom. The van der Waals surface area contributed by atoms with Crippen molar-refractivity contribution < 1.29 is 5.11 Å². The van der Waals surface area contributed by atoms with Crippen LogP contribution in [-0.2, 0) is 0 Å². The largest absolute Gasteiger partial charge is 0.392 e. The van der Waals surface area contributed by atoms with E-state index in [0.717, 1.165) is 0 Å². The fraction of sp³-hybridized carbons (Fsp3) is 0.667. The molecule has 0 saturated carbocycles. The van der Waals surface area contributed by atoms with Gasteiger partial charge in [0.15, 0.2) is 0 Å². The van der Waals surface area contributed by atoms with E-state index in [1.54, 1.807) is 0 Å². The lowest BCUT2D eigenvalue weighted by molar-refractivity contribution is 0.0911. The van der Waals surface area contributed by atoms with Crippen molar-refractivity contribution in [3.05, 3.63) is 23.8 Å². The van der Waals surface area contributed by atoms with Gasteiger partial charge in [0.2, 0.25) is 0 Å². The summed E-state index contributed by atoms with van der Waals surface area (Å²) in [6.45, 7) is 10.2. The third kappa shape index (κ3) is 4.89. The van der Waals surface area contributed by atoms with Crippen molar-refractivity contribution in [1.82, 2.24) is 0 Å². The maximum atomic E-state index is 9.71. The molecule has 1 heteroatoms. The van der Waals surface area contributed by atoms with Crippen LogP contribution in [0.15, 0.2) is 23.8 Å². The average Bonchev–Trinajstić information content (AvgIpc) is 2.11. The summed E-state index contributed by atoms with van der Waals surface area (Å²) in [5, 5.41) is 9.71. The summed E-state index contributed by atoms with van der Waals surface area (Å²) in [6, 6.07) is 0. The Kier molecular flexibility index (Phi) is 5.72. The first-order valence-corrected chi connectivity index (χ1v) is 4.98. The first kappa shape index (κ1) is 12.4. The predicted octanol–water partition coefficient (Wildman–Crippen LogP) is 3.16. The Hall–Kier alpha value is -0.560. The normalized spacial score (nSPS) is 18.2. The summed E-state index contributed by atoms with van der Waals surface area (Å²) in [5.74, 6) is 0.556. The molecule has 1 N–H and O–H groups in total. The van der Waals surface area contributed by atoms with Gasteiger partial charge < -0.3 is 5.11 Å². The highest BCUT2D eigenvalue weighted by molar-refractivity contribution is 5.15. The smallest absolute Gasteiger partial charge is 0.0623 e. The molecular weight excluding hydrogens is 160 g/mol. The van der Waals surface area contributed by atoms with E-state index in [4.69, 9.17) is 0 Å². The van der Waals surface area contributed by atoms with Gasteiger partial charge in [0.25, 0.3) is 0 Å². The van der Waals surface area contributed by atoms with Crippen molar-refractivity contribution >= 4 is 0 Å². The molecule has 1 nitrogen and oxygen atoms in total. The minimum absolute atomic E-state index is 0.231. The van der Waals surface area contributed by atoms with E-state index < -0.39 is 0 Å².